The van der Waals surface area contributed by atoms with Crippen LogP contribution < -0.4 is 0 Å². The number of hydrogen-bond acceptors (Lipinski definition) is 5. The highest BCUT2D eigenvalue weighted by Gasteiger charge is 2.20. The summed E-state index contributed by atoms with van der Waals surface area (Å²) < 4.78 is 4.39. The molecule has 1 aromatic carbocycles. The molecule has 1 rings (SSSR count). The zero-order valence-corrected chi connectivity index (χ0v) is 8.85. The molecule has 6 nitrogen and oxygen atoms in total. The van der Waals surface area contributed by atoms with Crippen LogP contribution in [0.2, 0.25) is 5.02 Å². The number of non-ortho nitro benzene ring substituents is 1. The number of benzene rings is 1. The standard InChI is InChI=1S/C9H6ClNO5/c1-16-9(13)6-2-5(11(14)15)3-8(10)7(6)4-12/h2-4H,1H3. The van der Waals surface area contributed by atoms with Gasteiger partial charge in [0.05, 0.1) is 22.6 Å². The smallest absolute Gasteiger partial charge is 0.338 e. The summed E-state index contributed by atoms with van der Waals surface area (Å²) in [5, 5.41) is 10.4. The Morgan fingerprint density at radius 1 is 1.56 bits per heavy atom. The zero-order valence-electron chi connectivity index (χ0n) is 8.10. The van der Waals surface area contributed by atoms with Crippen LogP contribution in [-0.2, 0) is 4.74 Å². The van der Waals surface area contributed by atoms with Crippen LogP contribution in [0.3, 0.4) is 0 Å². The minimum atomic E-state index is -0.854. The fourth-order valence-corrected chi connectivity index (χ4v) is 1.37. The van der Waals surface area contributed by atoms with Gasteiger partial charge in [-0.25, -0.2) is 4.79 Å². The first-order valence-corrected chi connectivity index (χ1v) is 4.40. The third-order valence-corrected chi connectivity index (χ3v) is 2.16. The Morgan fingerprint density at radius 2 is 2.19 bits per heavy atom. The summed E-state index contributed by atoms with van der Waals surface area (Å²) >= 11 is 5.64. The molecule has 0 radical (unpaired) electrons. The summed E-state index contributed by atoms with van der Waals surface area (Å²) in [6.07, 6.45) is 0.346. The number of esters is 1. The number of rotatable bonds is 3. The second-order valence-electron chi connectivity index (χ2n) is 2.76. The molecule has 0 saturated carbocycles. The Balaban J connectivity index is 3.48. The molecule has 0 saturated heterocycles. The van der Waals surface area contributed by atoms with E-state index in [1.54, 1.807) is 0 Å². The number of aldehydes is 1. The highest BCUT2D eigenvalue weighted by molar-refractivity contribution is 6.34. The summed E-state index contributed by atoms with van der Waals surface area (Å²) in [6.45, 7) is 0. The van der Waals surface area contributed by atoms with Gasteiger partial charge in [0, 0.05) is 17.7 Å². The molecule has 0 aliphatic rings. The molecule has 0 aromatic heterocycles. The predicted molar refractivity (Wildman–Crippen MR) is 54.8 cm³/mol. The fraction of sp³-hybridized carbons (Fsp3) is 0.111. The van der Waals surface area contributed by atoms with E-state index in [0.717, 1.165) is 19.2 Å². The van der Waals surface area contributed by atoms with Gasteiger partial charge in [-0.3, -0.25) is 14.9 Å². The van der Waals surface area contributed by atoms with E-state index in [0.29, 0.717) is 6.29 Å². The largest absolute Gasteiger partial charge is 0.465 e. The van der Waals surface area contributed by atoms with Gasteiger partial charge in [0.2, 0.25) is 0 Å². The Labute approximate surface area is 94.9 Å². The summed E-state index contributed by atoms with van der Waals surface area (Å²) in [6, 6.07) is 1.94. The van der Waals surface area contributed by atoms with Gasteiger partial charge in [0.15, 0.2) is 6.29 Å². The number of hydrogen-bond donors (Lipinski definition) is 0. The van der Waals surface area contributed by atoms with Gasteiger partial charge in [-0.05, 0) is 0 Å². The minimum absolute atomic E-state index is 0.126. The maximum Gasteiger partial charge on any atom is 0.338 e. The van der Waals surface area contributed by atoms with Crippen LogP contribution in [0.25, 0.3) is 0 Å². The lowest BCUT2D eigenvalue weighted by Gasteiger charge is -2.04. The molecule has 0 aliphatic heterocycles. The number of ether oxygens (including phenoxy) is 1. The van der Waals surface area contributed by atoms with E-state index >= 15 is 0 Å². The molecule has 0 amide bonds. The maximum absolute atomic E-state index is 11.3. The number of carbonyl (C=O) groups is 2. The lowest BCUT2D eigenvalue weighted by molar-refractivity contribution is -0.384. The van der Waals surface area contributed by atoms with E-state index in [1.807, 2.05) is 0 Å². The number of halogens is 1. The van der Waals surface area contributed by atoms with Crippen molar-refractivity contribution in [1.82, 2.24) is 0 Å². The zero-order chi connectivity index (χ0) is 12.3. The molecule has 0 unspecified atom stereocenters. The van der Waals surface area contributed by atoms with Crippen LogP contribution in [0, 0.1) is 10.1 Å². The van der Waals surface area contributed by atoms with Crippen LogP contribution in [0.5, 0.6) is 0 Å². The van der Waals surface area contributed by atoms with Gasteiger partial charge in [0.25, 0.3) is 5.69 Å². The molecule has 0 aliphatic carbocycles. The van der Waals surface area contributed by atoms with Crippen molar-refractivity contribution in [1.29, 1.82) is 0 Å². The first-order chi connectivity index (χ1) is 7.51. The van der Waals surface area contributed by atoms with Crippen molar-refractivity contribution < 1.29 is 19.2 Å². The van der Waals surface area contributed by atoms with Gasteiger partial charge >= 0.3 is 5.97 Å². The van der Waals surface area contributed by atoms with Gasteiger partial charge in [-0.15, -0.1) is 0 Å². The minimum Gasteiger partial charge on any atom is -0.465 e. The van der Waals surface area contributed by atoms with E-state index in [-0.39, 0.29) is 21.8 Å². The monoisotopic (exact) mass is 243 g/mol. The van der Waals surface area contributed by atoms with Crippen LogP contribution in [0.15, 0.2) is 12.1 Å². The van der Waals surface area contributed by atoms with Crippen LogP contribution in [-0.4, -0.2) is 24.3 Å². The number of carbonyl (C=O) groups excluding carboxylic acids is 2. The van der Waals surface area contributed by atoms with Crippen LogP contribution in [0.4, 0.5) is 5.69 Å². The Kier molecular flexibility index (Phi) is 3.57. The second-order valence-corrected chi connectivity index (χ2v) is 3.16. The van der Waals surface area contributed by atoms with Crippen molar-refractivity contribution in [2.45, 2.75) is 0 Å². The lowest BCUT2D eigenvalue weighted by atomic mass is 10.1. The third-order valence-electron chi connectivity index (χ3n) is 1.85. The average molecular weight is 244 g/mol. The van der Waals surface area contributed by atoms with Crippen molar-refractivity contribution in [3.63, 3.8) is 0 Å². The number of nitro benzene ring substituents is 1. The van der Waals surface area contributed by atoms with Gasteiger partial charge < -0.3 is 4.74 Å². The first-order valence-electron chi connectivity index (χ1n) is 4.02. The Hall–Kier alpha value is -1.95. The van der Waals surface area contributed by atoms with Crippen molar-refractivity contribution in [3.8, 4) is 0 Å². The predicted octanol–water partition coefficient (Wildman–Crippen LogP) is 1.85. The molecule has 0 N–H and O–H groups in total. The molecule has 7 heteroatoms. The molecule has 0 atom stereocenters. The summed E-state index contributed by atoms with van der Waals surface area (Å²) in [5.74, 6) is -0.854. The molecular formula is C9H6ClNO5. The van der Waals surface area contributed by atoms with Gasteiger partial charge in [-0.1, -0.05) is 11.6 Å². The topological polar surface area (TPSA) is 86.5 Å². The quantitative estimate of drug-likeness (QED) is 0.350. The van der Waals surface area contributed by atoms with Crippen molar-refractivity contribution in [3.05, 3.63) is 38.4 Å². The molecule has 0 bridgehead atoms. The highest BCUT2D eigenvalue weighted by atomic mass is 35.5. The fourth-order valence-electron chi connectivity index (χ4n) is 1.11. The van der Waals surface area contributed by atoms with Crippen molar-refractivity contribution in [2.24, 2.45) is 0 Å². The Morgan fingerprint density at radius 3 is 2.62 bits per heavy atom. The molecule has 84 valence electrons. The molecular weight excluding hydrogens is 238 g/mol. The van der Waals surface area contributed by atoms with E-state index in [4.69, 9.17) is 11.6 Å². The normalized spacial score (nSPS) is 9.62. The summed E-state index contributed by atoms with van der Waals surface area (Å²) in [4.78, 5) is 31.8. The number of nitro groups is 1. The maximum atomic E-state index is 11.3. The second kappa shape index (κ2) is 4.71. The first kappa shape index (κ1) is 12.1. The summed E-state index contributed by atoms with van der Waals surface area (Å²) in [7, 11) is 1.10. The van der Waals surface area contributed by atoms with Gasteiger partial charge in [-0.2, -0.15) is 0 Å². The van der Waals surface area contributed by atoms with E-state index in [2.05, 4.69) is 4.74 Å². The molecule has 0 heterocycles. The van der Waals surface area contributed by atoms with E-state index < -0.39 is 10.9 Å². The SMILES string of the molecule is COC(=O)c1cc([N+](=O)[O-])cc(Cl)c1C=O. The van der Waals surface area contributed by atoms with Gasteiger partial charge in [0.1, 0.15) is 0 Å². The molecule has 0 fully saturated rings. The van der Waals surface area contributed by atoms with E-state index in [1.165, 1.54) is 0 Å². The number of nitrogens with zero attached hydrogens (tertiary/aromatic N) is 1. The molecule has 1 aromatic rings. The molecule has 16 heavy (non-hydrogen) atoms. The van der Waals surface area contributed by atoms with E-state index in [9.17, 15) is 19.7 Å². The van der Waals surface area contributed by atoms with Crippen molar-refractivity contribution in [2.75, 3.05) is 7.11 Å². The molecule has 0 spiro atoms. The van der Waals surface area contributed by atoms with Crippen LogP contribution in [0.1, 0.15) is 20.7 Å². The van der Waals surface area contributed by atoms with Crippen LogP contribution >= 0.6 is 11.6 Å². The summed E-state index contributed by atoms with van der Waals surface area (Å²) in [5.41, 5.74) is -0.730. The third kappa shape index (κ3) is 2.17. The average Bonchev–Trinajstić information content (AvgIpc) is 2.26. The highest BCUT2D eigenvalue weighted by Crippen LogP contribution is 2.25. The lowest BCUT2D eigenvalue weighted by Crippen LogP contribution is -2.07. The number of methoxy groups -OCH3 is 1. The van der Waals surface area contributed by atoms with Crippen molar-refractivity contribution >= 4 is 29.5 Å². The Bertz CT molecular complexity index is 471.